The van der Waals surface area contributed by atoms with Gasteiger partial charge in [-0.2, -0.15) is 0 Å². The van der Waals surface area contributed by atoms with Crippen LogP contribution in [0, 0.1) is 0 Å². The van der Waals surface area contributed by atoms with Crippen LogP contribution in [0.2, 0.25) is 0 Å². The molecule has 0 bridgehead atoms. The number of aliphatic hydroxyl groups is 1. The van der Waals surface area contributed by atoms with Crippen molar-refractivity contribution in [3.63, 3.8) is 0 Å². The maximum Gasteiger partial charge on any atom is 0.261 e. The van der Waals surface area contributed by atoms with E-state index in [0.29, 0.717) is 16.8 Å². The molecular formula is C18H18N2O3. The summed E-state index contributed by atoms with van der Waals surface area (Å²) in [4.78, 5) is 26.6. The van der Waals surface area contributed by atoms with E-state index >= 15 is 0 Å². The molecule has 1 heterocycles. The lowest BCUT2D eigenvalue weighted by molar-refractivity contribution is -0.133. The Bertz CT molecular complexity index is 768. The van der Waals surface area contributed by atoms with Crippen molar-refractivity contribution in [2.75, 3.05) is 24.3 Å². The molecule has 118 valence electrons. The normalized spacial score (nSPS) is 19.2. The van der Waals surface area contributed by atoms with E-state index in [4.69, 9.17) is 0 Å². The molecule has 1 aliphatic rings. The highest BCUT2D eigenvalue weighted by molar-refractivity contribution is 6.09. The lowest BCUT2D eigenvalue weighted by atomic mass is 9.88. The molecule has 1 aliphatic heterocycles. The van der Waals surface area contributed by atoms with Crippen molar-refractivity contribution in [1.82, 2.24) is 0 Å². The maximum atomic E-state index is 12.5. The summed E-state index contributed by atoms with van der Waals surface area (Å²) in [5.41, 5.74) is 0.637. The standard InChI is InChI=1S/C18H18N2O3/c1-20(2)13-9-7-12(8-10-13)16(21)11-18(23)14-5-3-4-6-15(14)19-17(18)22/h3-10,23H,11H2,1-2H3,(H,19,22). The maximum absolute atomic E-state index is 12.5. The van der Waals surface area contributed by atoms with Crippen molar-refractivity contribution in [3.8, 4) is 0 Å². The van der Waals surface area contributed by atoms with E-state index in [1.165, 1.54) is 0 Å². The molecule has 1 atom stereocenters. The summed E-state index contributed by atoms with van der Waals surface area (Å²) >= 11 is 0. The van der Waals surface area contributed by atoms with Crippen LogP contribution in [0.25, 0.3) is 0 Å². The number of Topliss-reactive ketones (excluding diaryl/α,β-unsaturated/α-hetero) is 1. The van der Waals surface area contributed by atoms with E-state index in [2.05, 4.69) is 5.32 Å². The molecule has 0 radical (unpaired) electrons. The third-order valence-corrected chi connectivity index (χ3v) is 4.12. The Morgan fingerprint density at radius 3 is 2.43 bits per heavy atom. The smallest absolute Gasteiger partial charge is 0.261 e. The summed E-state index contributed by atoms with van der Waals surface area (Å²) in [6, 6.07) is 14.0. The number of rotatable bonds is 4. The van der Waals surface area contributed by atoms with Gasteiger partial charge in [-0.1, -0.05) is 18.2 Å². The SMILES string of the molecule is CN(C)c1ccc(C(=O)CC2(O)C(=O)Nc3ccccc32)cc1. The van der Waals surface area contributed by atoms with E-state index in [9.17, 15) is 14.7 Å². The lowest BCUT2D eigenvalue weighted by Gasteiger charge is -2.20. The van der Waals surface area contributed by atoms with Gasteiger partial charge < -0.3 is 15.3 Å². The molecule has 2 aromatic rings. The molecule has 0 saturated carbocycles. The van der Waals surface area contributed by atoms with Gasteiger partial charge in [-0.05, 0) is 30.3 Å². The van der Waals surface area contributed by atoms with Crippen LogP contribution in [-0.4, -0.2) is 30.9 Å². The van der Waals surface area contributed by atoms with E-state index in [-0.39, 0.29) is 12.2 Å². The summed E-state index contributed by atoms with van der Waals surface area (Å²) in [5.74, 6) is -0.832. The van der Waals surface area contributed by atoms with E-state index in [1.807, 2.05) is 31.1 Å². The van der Waals surface area contributed by atoms with Gasteiger partial charge in [0.15, 0.2) is 11.4 Å². The summed E-state index contributed by atoms with van der Waals surface area (Å²) in [6.45, 7) is 0. The fourth-order valence-corrected chi connectivity index (χ4v) is 2.76. The van der Waals surface area contributed by atoms with Crippen LogP contribution >= 0.6 is 0 Å². The summed E-state index contributed by atoms with van der Waals surface area (Å²) in [6.07, 6.45) is -0.281. The molecule has 2 aromatic carbocycles. The molecule has 0 aromatic heterocycles. The van der Waals surface area contributed by atoms with Crippen molar-refractivity contribution in [3.05, 3.63) is 59.7 Å². The summed E-state index contributed by atoms with van der Waals surface area (Å²) in [5, 5.41) is 13.4. The van der Waals surface area contributed by atoms with Gasteiger partial charge >= 0.3 is 0 Å². The number of fused-ring (bicyclic) bond motifs is 1. The highest BCUT2D eigenvalue weighted by Gasteiger charge is 2.46. The number of nitrogens with zero attached hydrogens (tertiary/aromatic N) is 1. The third kappa shape index (κ3) is 2.59. The molecule has 23 heavy (non-hydrogen) atoms. The molecule has 0 fully saturated rings. The van der Waals surface area contributed by atoms with Crippen LogP contribution in [0.15, 0.2) is 48.5 Å². The second-order valence-electron chi connectivity index (χ2n) is 5.90. The number of hydrogen-bond acceptors (Lipinski definition) is 4. The number of para-hydroxylation sites is 1. The van der Waals surface area contributed by atoms with Gasteiger partial charge in [-0.25, -0.2) is 0 Å². The third-order valence-electron chi connectivity index (χ3n) is 4.12. The number of anilines is 2. The molecule has 0 aliphatic carbocycles. The van der Waals surface area contributed by atoms with Gasteiger partial charge in [0.1, 0.15) is 0 Å². The van der Waals surface area contributed by atoms with Crippen LogP contribution in [0.1, 0.15) is 22.3 Å². The minimum absolute atomic E-state index is 0.273. The molecule has 0 spiro atoms. The fraction of sp³-hybridized carbons (Fsp3) is 0.222. The highest BCUT2D eigenvalue weighted by Crippen LogP contribution is 2.38. The minimum atomic E-state index is -1.81. The number of benzene rings is 2. The van der Waals surface area contributed by atoms with Crippen molar-refractivity contribution in [2.24, 2.45) is 0 Å². The number of carbonyl (C=O) groups excluding carboxylic acids is 2. The van der Waals surface area contributed by atoms with Crippen LogP contribution in [-0.2, 0) is 10.4 Å². The van der Waals surface area contributed by atoms with Crippen LogP contribution in [0.5, 0.6) is 0 Å². The first-order valence-electron chi connectivity index (χ1n) is 7.36. The Morgan fingerprint density at radius 2 is 1.78 bits per heavy atom. The molecule has 1 amide bonds. The Kier molecular flexibility index (Phi) is 3.66. The van der Waals surface area contributed by atoms with Gasteiger partial charge in [0, 0.05) is 36.6 Å². The molecule has 3 rings (SSSR count). The fourth-order valence-electron chi connectivity index (χ4n) is 2.76. The largest absolute Gasteiger partial charge is 0.378 e. The van der Waals surface area contributed by atoms with Crippen LogP contribution in [0.3, 0.4) is 0 Å². The second kappa shape index (κ2) is 5.52. The Balaban J connectivity index is 1.86. The van der Waals surface area contributed by atoms with Crippen LogP contribution in [0.4, 0.5) is 11.4 Å². The first-order chi connectivity index (χ1) is 10.9. The minimum Gasteiger partial charge on any atom is -0.378 e. The van der Waals surface area contributed by atoms with Crippen molar-refractivity contribution in [1.29, 1.82) is 0 Å². The zero-order chi connectivity index (χ0) is 16.6. The topological polar surface area (TPSA) is 69.6 Å². The average molecular weight is 310 g/mol. The number of ketones is 1. The van der Waals surface area contributed by atoms with Crippen LogP contribution < -0.4 is 10.2 Å². The number of hydrogen-bond donors (Lipinski definition) is 2. The highest BCUT2D eigenvalue weighted by atomic mass is 16.3. The molecule has 1 unspecified atom stereocenters. The number of nitrogens with one attached hydrogen (secondary N) is 1. The van der Waals surface area contributed by atoms with E-state index in [0.717, 1.165) is 5.69 Å². The first-order valence-corrected chi connectivity index (χ1v) is 7.36. The van der Waals surface area contributed by atoms with Crippen molar-refractivity contribution in [2.45, 2.75) is 12.0 Å². The number of amides is 1. The van der Waals surface area contributed by atoms with E-state index < -0.39 is 11.5 Å². The molecule has 0 saturated heterocycles. The lowest BCUT2D eigenvalue weighted by Crippen LogP contribution is -2.36. The Hall–Kier alpha value is -2.66. The van der Waals surface area contributed by atoms with Crippen molar-refractivity contribution < 1.29 is 14.7 Å². The monoisotopic (exact) mass is 310 g/mol. The van der Waals surface area contributed by atoms with Gasteiger partial charge in [-0.15, -0.1) is 0 Å². The average Bonchev–Trinajstić information content (AvgIpc) is 2.79. The Labute approximate surface area is 134 Å². The predicted molar refractivity (Wildman–Crippen MR) is 88.7 cm³/mol. The Morgan fingerprint density at radius 1 is 1.13 bits per heavy atom. The van der Waals surface area contributed by atoms with Gasteiger partial charge in [0.25, 0.3) is 5.91 Å². The molecule has 2 N–H and O–H groups in total. The number of carbonyl (C=O) groups is 2. The second-order valence-corrected chi connectivity index (χ2v) is 5.90. The molecule has 5 nitrogen and oxygen atoms in total. The van der Waals surface area contributed by atoms with Gasteiger partial charge in [-0.3, -0.25) is 9.59 Å². The quantitative estimate of drug-likeness (QED) is 0.849. The van der Waals surface area contributed by atoms with Gasteiger partial charge in [0.2, 0.25) is 0 Å². The summed E-state index contributed by atoms with van der Waals surface area (Å²) in [7, 11) is 3.83. The predicted octanol–water partition coefficient (Wildman–Crippen LogP) is 2.17. The van der Waals surface area contributed by atoms with E-state index in [1.54, 1.807) is 36.4 Å². The zero-order valence-corrected chi connectivity index (χ0v) is 13.0. The zero-order valence-electron chi connectivity index (χ0n) is 13.0. The van der Waals surface area contributed by atoms with Crippen molar-refractivity contribution >= 4 is 23.1 Å². The first kappa shape index (κ1) is 15.2. The molecule has 5 heteroatoms. The molecular weight excluding hydrogens is 292 g/mol. The van der Waals surface area contributed by atoms with Gasteiger partial charge in [0.05, 0.1) is 6.42 Å². The summed E-state index contributed by atoms with van der Waals surface area (Å²) < 4.78 is 0.